The maximum Gasteiger partial charge on any atom is 0.304 e. The third-order valence-corrected chi connectivity index (χ3v) is 2.31. The minimum Gasteiger partial charge on any atom is -0.481 e. The Labute approximate surface area is 75.1 Å². The maximum atomic E-state index is 10.5. The Kier molecular flexibility index (Phi) is 2.47. The van der Waals surface area contributed by atoms with Crippen molar-refractivity contribution in [1.29, 1.82) is 0 Å². The topological polar surface area (TPSA) is 50.2 Å². The third kappa shape index (κ3) is 2.04. The Bertz CT molecular complexity index is 267. The zero-order valence-electron chi connectivity index (χ0n) is 7.07. The van der Waals surface area contributed by atoms with Gasteiger partial charge in [0.15, 0.2) is 0 Å². The van der Waals surface area contributed by atoms with E-state index >= 15 is 0 Å². The zero-order valence-corrected chi connectivity index (χ0v) is 7.89. The Balaban J connectivity index is 2.79. The summed E-state index contributed by atoms with van der Waals surface area (Å²) in [4.78, 5) is 14.6. The largest absolute Gasteiger partial charge is 0.481 e. The van der Waals surface area contributed by atoms with Crippen LogP contribution in [0.15, 0.2) is 10.9 Å². The van der Waals surface area contributed by atoms with E-state index in [2.05, 4.69) is 4.98 Å². The Hall–Kier alpha value is -0.900. The van der Waals surface area contributed by atoms with Crippen molar-refractivity contribution in [3.05, 3.63) is 16.6 Å². The fourth-order valence-electron chi connectivity index (χ4n) is 1.02. The van der Waals surface area contributed by atoms with Gasteiger partial charge in [-0.25, -0.2) is 4.98 Å². The van der Waals surface area contributed by atoms with E-state index in [4.69, 9.17) is 5.11 Å². The fraction of sp³-hybridized carbons (Fsp3) is 0.500. The first-order valence-electron chi connectivity index (χ1n) is 3.63. The number of aromatic nitrogens is 1. The summed E-state index contributed by atoms with van der Waals surface area (Å²) in [5.74, 6) is -0.784. The van der Waals surface area contributed by atoms with Crippen LogP contribution in [0.4, 0.5) is 0 Å². The molecule has 12 heavy (non-hydrogen) atoms. The molecule has 1 aromatic heterocycles. The van der Waals surface area contributed by atoms with Crippen molar-refractivity contribution in [2.24, 2.45) is 0 Å². The molecule has 0 saturated heterocycles. The molecule has 0 radical (unpaired) electrons. The van der Waals surface area contributed by atoms with Crippen LogP contribution >= 0.6 is 11.3 Å². The molecule has 0 aliphatic heterocycles. The summed E-state index contributed by atoms with van der Waals surface area (Å²) in [6, 6.07) is 0. The van der Waals surface area contributed by atoms with Crippen LogP contribution in [0.5, 0.6) is 0 Å². The maximum absolute atomic E-state index is 10.5. The van der Waals surface area contributed by atoms with Crippen molar-refractivity contribution < 1.29 is 9.90 Å². The van der Waals surface area contributed by atoms with E-state index in [0.29, 0.717) is 0 Å². The smallest absolute Gasteiger partial charge is 0.304 e. The van der Waals surface area contributed by atoms with Crippen LogP contribution < -0.4 is 0 Å². The standard InChI is InChI=1S/C8H11NO2S/c1-8(2,3-7(10)11)6-4-12-5-9-6/h4-5H,3H2,1-2H3,(H,10,11). The summed E-state index contributed by atoms with van der Waals surface area (Å²) in [6.07, 6.45) is 0.122. The quantitative estimate of drug-likeness (QED) is 0.782. The molecule has 3 nitrogen and oxygen atoms in total. The van der Waals surface area contributed by atoms with Gasteiger partial charge in [0.25, 0.3) is 0 Å². The lowest BCUT2D eigenvalue weighted by Crippen LogP contribution is -2.21. The van der Waals surface area contributed by atoms with Crippen LogP contribution in [-0.2, 0) is 10.2 Å². The minimum absolute atomic E-state index is 0.122. The highest BCUT2D eigenvalue weighted by Gasteiger charge is 2.25. The molecular weight excluding hydrogens is 174 g/mol. The Morgan fingerprint density at radius 1 is 1.75 bits per heavy atom. The number of hydrogen-bond donors (Lipinski definition) is 1. The van der Waals surface area contributed by atoms with Crippen LogP contribution in [-0.4, -0.2) is 16.1 Å². The van der Waals surface area contributed by atoms with Crippen molar-refractivity contribution in [3.8, 4) is 0 Å². The molecule has 1 rings (SSSR count). The summed E-state index contributed by atoms with van der Waals surface area (Å²) in [5, 5.41) is 10.5. The van der Waals surface area contributed by atoms with Gasteiger partial charge in [-0.05, 0) is 0 Å². The number of rotatable bonds is 3. The van der Waals surface area contributed by atoms with Gasteiger partial charge in [-0.15, -0.1) is 11.3 Å². The van der Waals surface area contributed by atoms with E-state index < -0.39 is 5.97 Å². The van der Waals surface area contributed by atoms with Gasteiger partial charge < -0.3 is 5.11 Å². The Morgan fingerprint density at radius 2 is 2.42 bits per heavy atom. The van der Waals surface area contributed by atoms with Crippen molar-refractivity contribution in [3.63, 3.8) is 0 Å². The monoisotopic (exact) mass is 185 g/mol. The van der Waals surface area contributed by atoms with Gasteiger partial charge in [0.1, 0.15) is 0 Å². The summed E-state index contributed by atoms with van der Waals surface area (Å²) in [7, 11) is 0. The highest BCUT2D eigenvalue weighted by Crippen LogP contribution is 2.26. The van der Waals surface area contributed by atoms with Gasteiger partial charge in [0.2, 0.25) is 0 Å². The van der Waals surface area contributed by atoms with Gasteiger partial charge in [-0.1, -0.05) is 13.8 Å². The van der Waals surface area contributed by atoms with Crippen LogP contribution in [0.2, 0.25) is 0 Å². The molecule has 1 N–H and O–H groups in total. The van der Waals surface area contributed by atoms with Crippen molar-refractivity contribution in [2.45, 2.75) is 25.7 Å². The molecule has 0 unspecified atom stereocenters. The number of aliphatic carboxylic acids is 1. The molecular formula is C8H11NO2S. The summed E-state index contributed by atoms with van der Waals surface area (Å²) >= 11 is 1.49. The molecule has 0 aromatic carbocycles. The van der Waals surface area contributed by atoms with Gasteiger partial charge in [0.05, 0.1) is 17.6 Å². The highest BCUT2D eigenvalue weighted by molar-refractivity contribution is 7.07. The van der Waals surface area contributed by atoms with E-state index in [-0.39, 0.29) is 11.8 Å². The number of hydrogen-bond acceptors (Lipinski definition) is 3. The second kappa shape index (κ2) is 3.23. The zero-order chi connectivity index (χ0) is 9.19. The summed E-state index contributed by atoms with van der Waals surface area (Å²) < 4.78 is 0. The average Bonchev–Trinajstić information content (AvgIpc) is 2.32. The molecule has 1 aromatic rings. The molecule has 0 aliphatic rings. The van der Waals surface area contributed by atoms with E-state index in [1.165, 1.54) is 11.3 Å². The number of thiazole rings is 1. The van der Waals surface area contributed by atoms with Gasteiger partial charge in [-0.2, -0.15) is 0 Å². The molecule has 4 heteroatoms. The van der Waals surface area contributed by atoms with Crippen LogP contribution in [0.3, 0.4) is 0 Å². The Morgan fingerprint density at radius 3 is 2.83 bits per heavy atom. The summed E-state index contributed by atoms with van der Waals surface area (Å²) in [6.45, 7) is 3.77. The number of carboxylic acid groups (broad SMARTS) is 1. The SMILES string of the molecule is CC(C)(CC(=O)O)c1cscn1. The van der Waals surface area contributed by atoms with Crippen molar-refractivity contribution in [2.75, 3.05) is 0 Å². The first-order valence-corrected chi connectivity index (χ1v) is 4.57. The summed E-state index contributed by atoms with van der Waals surface area (Å²) in [5.41, 5.74) is 2.22. The van der Waals surface area contributed by atoms with E-state index in [9.17, 15) is 4.79 Å². The van der Waals surface area contributed by atoms with Gasteiger partial charge in [-0.3, -0.25) is 4.79 Å². The van der Waals surface area contributed by atoms with Gasteiger partial charge >= 0.3 is 5.97 Å². The lowest BCUT2D eigenvalue weighted by molar-refractivity contribution is -0.138. The van der Waals surface area contributed by atoms with Crippen molar-refractivity contribution in [1.82, 2.24) is 4.98 Å². The number of carbonyl (C=O) groups is 1. The molecule has 0 saturated carbocycles. The second-order valence-electron chi connectivity index (χ2n) is 3.33. The van der Waals surface area contributed by atoms with E-state index in [0.717, 1.165) is 5.69 Å². The van der Waals surface area contributed by atoms with Gasteiger partial charge in [0, 0.05) is 10.8 Å². The molecule has 66 valence electrons. The fourth-order valence-corrected chi connectivity index (χ4v) is 1.76. The van der Waals surface area contributed by atoms with Crippen LogP contribution in [0, 0.1) is 0 Å². The highest BCUT2D eigenvalue weighted by atomic mass is 32.1. The molecule has 0 fully saturated rings. The molecule has 1 heterocycles. The van der Waals surface area contributed by atoms with Crippen LogP contribution in [0.1, 0.15) is 26.0 Å². The third-order valence-electron chi connectivity index (χ3n) is 1.72. The first kappa shape index (κ1) is 9.19. The average molecular weight is 185 g/mol. The molecule has 0 aliphatic carbocycles. The predicted molar refractivity (Wildman–Crippen MR) is 47.4 cm³/mol. The molecule has 0 amide bonds. The molecule has 0 bridgehead atoms. The van der Waals surface area contributed by atoms with E-state index in [1.54, 1.807) is 5.51 Å². The molecule has 0 spiro atoms. The second-order valence-corrected chi connectivity index (χ2v) is 4.05. The number of nitrogens with zero attached hydrogens (tertiary/aromatic N) is 1. The van der Waals surface area contributed by atoms with Crippen LogP contribution in [0.25, 0.3) is 0 Å². The normalized spacial score (nSPS) is 11.5. The predicted octanol–water partition coefficient (Wildman–Crippen LogP) is 1.90. The van der Waals surface area contributed by atoms with Crippen molar-refractivity contribution >= 4 is 17.3 Å². The lowest BCUT2D eigenvalue weighted by Gasteiger charge is -2.19. The minimum atomic E-state index is -0.784. The number of carboxylic acids is 1. The first-order chi connectivity index (χ1) is 5.52. The molecule has 0 atom stereocenters. The van der Waals surface area contributed by atoms with E-state index in [1.807, 2.05) is 19.2 Å². The lowest BCUT2D eigenvalue weighted by atomic mass is 9.86.